The molecule has 0 fully saturated rings. The van der Waals surface area contributed by atoms with Gasteiger partial charge in [-0.15, -0.1) is 0 Å². The number of ether oxygens (including phenoxy) is 1. The van der Waals surface area contributed by atoms with Gasteiger partial charge in [-0.3, -0.25) is 4.57 Å². The van der Waals surface area contributed by atoms with Gasteiger partial charge in [-0.25, -0.2) is 22.9 Å². The predicted molar refractivity (Wildman–Crippen MR) is 102 cm³/mol. The molecule has 0 spiro atoms. The highest BCUT2D eigenvalue weighted by molar-refractivity contribution is 7.89. The number of fused-ring (bicyclic) bond motifs is 1. The van der Waals surface area contributed by atoms with Crippen LogP contribution in [0, 0.1) is 11.3 Å². The van der Waals surface area contributed by atoms with E-state index in [1.165, 1.54) is 30.3 Å². The molecular formula is C19H16F2N4O4S. The number of halogens is 2. The summed E-state index contributed by atoms with van der Waals surface area (Å²) in [5.41, 5.74) is 0.616. The Labute approximate surface area is 170 Å². The quantitative estimate of drug-likeness (QED) is 0.431. The average molecular weight is 434 g/mol. The van der Waals surface area contributed by atoms with E-state index in [4.69, 9.17) is 10.00 Å². The van der Waals surface area contributed by atoms with E-state index in [2.05, 4.69) is 9.71 Å². The normalized spacial score (nSPS) is 11.5. The Bertz CT molecular complexity index is 1200. The second-order valence-electron chi connectivity index (χ2n) is 6.07. The van der Waals surface area contributed by atoms with Gasteiger partial charge in [0.25, 0.3) is 0 Å². The number of carbonyl (C=O) groups excluding carboxylic acids is 1. The summed E-state index contributed by atoms with van der Waals surface area (Å²) in [6, 6.07) is 13.1. The van der Waals surface area contributed by atoms with Crippen LogP contribution in [0.1, 0.15) is 29.2 Å². The van der Waals surface area contributed by atoms with Gasteiger partial charge in [0.15, 0.2) is 5.82 Å². The molecule has 30 heavy (non-hydrogen) atoms. The number of sulfonamides is 1. The summed E-state index contributed by atoms with van der Waals surface area (Å²) in [6.45, 7) is -3.37. The lowest BCUT2D eigenvalue weighted by molar-refractivity contribution is 0.0387. The summed E-state index contributed by atoms with van der Waals surface area (Å²) in [6.07, 6.45) is 0.0209. The van der Waals surface area contributed by atoms with Gasteiger partial charge in [0, 0.05) is 13.0 Å². The SMILES string of the molecule is N#CCCNS(=O)(=O)c1ccc(C(=O)OCc2nc3ccccc3n2C(F)F)cc1. The minimum atomic E-state index is -3.81. The molecule has 156 valence electrons. The first-order chi connectivity index (χ1) is 14.3. The highest BCUT2D eigenvalue weighted by Crippen LogP contribution is 2.23. The van der Waals surface area contributed by atoms with Crippen LogP contribution < -0.4 is 4.72 Å². The monoisotopic (exact) mass is 434 g/mol. The van der Waals surface area contributed by atoms with Crippen LogP contribution in [0.3, 0.4) is 0 Å². The third-order valence-corrected chi connectivity index (χ3v) is 5.60. The Balaban J connectivity index is 1.71. The number of benzene rings is 2. The molecule has 1 heterocycles. The number of alkyl halides is 2. The highest BCUT2D eigenvalue weighted by Gasteiger charge is 2.20. The third-order valence-electron chi connectivity index (χ3n) is 4.13. The summed E-state index contributed by atoms with van der Waals surface area (Å²) in [5, 5.41) is 8.47. The van der Waals surface area contributed by atoms with Crippen molar-refractivity contribution in [2.45, 2.75) is 24.5 Å². The van der Waals surface area contributed by atoms with E-state index >= 15 is 0 Å². The molecule has 3 aromatic rings. The first-order valence-corrected chi connectivity index (χ1v) is 10.2. The molecule has 1 N–H and O–H groups in total. The van der Waals surface area contributed by atoms with Gasteiger partial charge in [-0.1, -0.05) is 12.1 Å². The number of hydrogen-bond donors (Lipinski definition) is 1. The molecule has 0 saturated carbocycles. The Hall–Kier alpha value is -3.36. The highest BCUT2D eigenvalue weighted by atomic mass is 32.2. The van der Waals surface area contributed by atoms with Crippen LogP contribution in [0.4, 0.5) is 8.78 Å². The lowest BCUT2D eigenvalue weighted by Gasteiger charge is -2.09. The molecule has 0 unspecified atom stereocenters. The molecule has 1 aromatic heterocycles. The minimum Gasteiger partial charge on any atom is -0.454 e. The summed E-state index contributed by atoms with van der Waals surface area (Å²) in [7, 11) is -3.81. The first kappa shape index (κ1) is 21.4. The Morgan fingerprint density at radius 3 is 2.57 bits per heavy atom. The minimum absolute atomic E-state index is 0.0209. The van der Waals surface area contributed by atoms with Crippen LogP contribution in [0.25, 0.3) is 11.0 Å². The van der Waals surface area contributed by atoms with E-state index in [9.17, 15) is 22.0 Å². The smallest absolute Gasteiger partial charge is 0.338 e. The second kappa shape index (κ2) is 8.98. The number of nitriles is 1. The van der Waals surface area contributed by atoms with E-state index < -0.39 is 29.1 Å². The summed E-state index contributed by atoms with van der Waals surface area (Å²) in [5.74, 6) is -0.926. The Morgan fingerprint density at radius 2 is 1.90 bits per heavy atom. The molecule has 0 atom stereocenters. The zero-order chi connectivity index (χ0) is 21.7. The van der Waals surface area contributed by atoms with Crippen molar-refractivity contribution in [2.75, 3.05) is 6.54 Å². The maximum absolute atomic E-state index is 13.4. The fourth-order valence-corrected chi connectivity index (χ4v) is 3.75. The molecule has 0 aliphatic carbocycles. The molecule has 0 saturated heterocycles. The fourth-order valence-electron chi connectivity index (χ4n) is 2.72. The maximum atomic E-state index is 13.4. The maximum Gasteiger partial charge on any atom is 0.338 e. The number of esters is 1. The molecule has 11 heteroatoms. The number of aromatic nitrogens is 2. The van der Waals surface area contributed by atoms with Crippen molar-refractivity contribution >= 4 is 27.0 Å². The molecule has 2 aromatic carbocycles. The Morgan fingerprint density at radius 1 is 1.20 bits per heavy atom. The number of hydrogen-bond acceptors (Lipinski definition) is 6. The van der Waals surface area contributed by atoms with Crippen molar-refractivity contribution in [2.24, 2.45) is 0 Å². The van der Waals surface area contributed by atoms with Crippen LogP contribution in [-0.4, -0.2) is 30.5 Å². The number of imidazole rings is 1. The van der Waals surface area contributed by atoms with E-state index in [1.54, 1.807) is 18.2 Å². The summed E-state index contributed by atoms with van der Waals surface area (Å²) >= 11 is 0. The number of carbonyl (C=O) groups is 1. The van der Waals surface area contributed by atoms with Crippen molar-refractivity contribution < 1.29 is 26.7 Å². The van der Waals surface area contributed by atoms with E-state index in [1.807, 2.05) is 6.07 Å². The second-order valence-corrected chi connectivity index (χ2v) is 7.84. The third kappa shape index (κ3) is 4.61. The van der Waals surface area contributed by atoms with Gasteiger partial charge in [0.1, 0.15) is 6.61 Å². The van der Waals surface area contributed by atoms with E-state index in [-0.39, 0.29) is 34.8 Å². The number of rotatable bonds is 8. The van der Waals surface area contributed by atoms with Crippen molar-refractivity contribution in [3.8, 4) is 6.07 Å². The van der Waals surface area contributed by atoms with Gasteiger partial charge >= 0.3 is 12.5 Å². The number of para-hydroxylation sites is 2. The van der Waals surface area contributed by atoms with Crippen LogP contribution in [0.15, 0.2) is 53.4 Å². The Kier molecular flexibility index (Phi) is 6.39. The molecule has 0 radical (unpaired) electrons. The van der Waals surface area contributed by atoms with Gasteiger partial charge in [-0.05, 0) is 36.4 Å². The first-order valence-electron chi connectivity index (χ1n) is 8.71. The largest absolute Gasteiger partial charge is 0.454 e. The van der Waals surface area contributed by atoms with Crippen LogP contribution >= 0.6 is 0 Å². The molecule has 8 nitrogen and oxygen atoms in total. The summed E-state index contributed by atoms with van der Waals surface area (Å²) < 4.78 is 59.0. The van der Waals surface area contributed by atoms with Gasteiger partial charge in [-0.2, -0.15) is 14.0 Å². The average Bonchev–Trinajstić information content (AvgIpc) is 3.11. The van der Waals surface area contributed by atoms with Crippen molar-refractivity contribution in [3.05, 3.63) is 59.9 Å². The fraction of sp³-hybridized carbons (Fsp3) is 0.211. The molecule has 0 bridgehead atoms. The molecule has 0 amide bonds. The lowest BCUT2D eigenvalue weighted by atomic mass is 10.2. The van der Waals surface area contributed by atoms with Gasteiger partial charge in [0.05, 0.1) is 27.6 Å². The molecular weight excluding hydrogens is 418 g/mol. The lowest BCUT2D eigenvalue weighted by Crippen LogP contribution is -2.24. The van der Waals surface area contributed by atoms with Crippen LogP contribution in [0.5, 0.6) is 0 Å². The standard InChI is InChI=1S/C19H16F2N4O4S/c20-19(21)25-16-5-2-1-4-15(16)24-17(25)12-29-18(26)13-6-8-14(9-7-13)30(27,28)23-11-3-10-22/h1-2,4-9,19,23H,3,11-12H2. The predicted octanol–water partition coefficient (Wildman–Crippen LogP) is 2.98. The van der Waals surface area contributed by atoms with E-state index in [0.717, 1.165) is 0 Å². The zero-order valence-electron chi connectivity index (χ0n) is 15.5. The molecule has 3 rings (SSSR count). The van der Waals surface area contributed by atoms with Crippen molar-refractivity contribution in [1.29, 1.82) is 5.26 Å². The van der Waals surface area contributed by atoms with Gasteiger partial charge < -0.3 is 4.74 Å². The zero-order valence-corrected chi connectivity index (χ0v) is 16.3. The number of nitrogens with one attached hydrogen (secondary N) is 1. The van der Waals surface area contributed by atoms with Crippen molar-refractivity contribution in [1.82, 2.24) is 14.3 Å². The number of nitrogens with zero attached hydrogens (tertiary/aromatic N) is 3. The van der Waals surface area contributed by atoms with Crippen LogP contribution in [0.2, 0.25) is 0 Å². The molecule has 0 aliphatic rings. The topological polar surface area (TPSA) is 114 Å². The van der Waals surface area contributed by atoms with Gasteiger partial charge in [0.2, 0.25) is 10.0 Å². The molecule has 0 aliphatic heterocycles. The van der Waals surface area contributed by atoms with Crippen molar-refractivity contribution in [3.63, 3.8) is 0 Å². The van der Waals surface area contributed by atoms with Crippen LogP contribution in [-0.2, 0) is 21.4 Å². The van der Waals surface area contributed by atoms with E-state index in [0.29, 0.717) is 10.1 Å². The summed E-state index contributed by atoms with van der Waals surface area (Å²) in [4.78, 5) is 16.2.